The van der Waals surface area contributed by atoms with Crippen LogP contribution in [0.15, 0.2) is 24.3 Å². The Morgan fingerprint density at radius 3 is 2.20 bits per heavy atom. The molecule has 5 heteroatoms. The molecule has 1 aromatic rings. The molecule has 0 spiro atoms. The molecular formula is C10H13N3O2. The van der Waals surface area contributed by atoms with Gasteiger partial charge in [-0.05, 0) is 17.7 Å². The monoisotopic (exact) mass is 207 g/mol. The van der Waals surface area contributed by atoms with Gasteiger partial charge in [-0.1, -0.05) is 12.1 Å². The van der Waals surface area contributed by atoms with Crippen LogP contribution in [0, 0.1) is 0 Å². The number of carbonyl (C=O) groups excluding carboxylic acids is 2. The summed E-state index contributed by atoms with van der Waals surface area (Å²) < 4.78 is 0. The van der Waals surface area contributed by atoms with Crippen molar-refractivity contribution in [1.29, 1.82) is 0 Å². The zero-order valence-electron chi connectivity index (χ0n) is 8.19. The fourth-order valence-electron chi connectivity index (χ4n) is 1.12. The van der Waals surface area contributed by atoms with Gasteiger partial charge >= 0.3 is 0 Å². The summed E-state index contributed by atoms with van der Waals surface area (Å²) in [6.45, 7) is 0.666. The van der Waals surface area contributed by atoms with Crippen LogP contribution in [0.2, 0.25) is 0 Å². The van der Waals surface area contributed by atoms with Crippen LogP contribution in [0.1, 0.15) is 15.9 Å². The number of rotatable bonds is 5. The van der Waals surface area contributed by atoms with E-state index in [1.165, 1.54) is 0 Å². The van der Waals surface area contributed by atoms with Crippen LogP contribution in [0.5, 0.6) is 0 Å². The smallest absolute Gasteiger partial charge is 0.248 e. The van der Waals surface area contributed by atoms with Gasteiger partial charge in [-0.2, -0.15) is 0 Å². The van der Waals surface area contributed by atoms with E-state index in [1.54, 1.807) is 24.3 Å². The van der Waals surface area contributed by atoms with E-state index in [4.69, 9.17) is 11.5 Å². The number of amides is 2. The highest BCUT2D eigenvalue weighted by Crippen LogP contribution is 2.03. The van der Waals surface area contributed by atoms with Crippen molar-refractivity contribution in [1.82, 2.24) is 5.32 Å². The second-order valence-corrected chi connectivity index (χ2v) is 3.13. The minimum absolute atomic E-state index is 0.136. The van der Waals surface area contributed by atoms with E-state index in [-0.39, 0.29) is 6.54 Å². The highest BCUT2D eigenvalue weighted by molar-refractivity contribution is 5.92. The van der Waals surface area contributed by atoms with Crippen molar-refractivity contribution in [3.63, 3.8) is 0 Å². The summed E-state index contributed by atoms with van der Waals surface area (Å²) in [5.41, 5.74) is 11.5. The molecule has 5 N–H and O–H groups in total. The minimum atomic E-state index is -0.452. The van der Waals surface area contributed by atoms with Gasteiger partial charge in [0.25, 0.3) is 0 Å². The first kappa shape index (κ1) is 11.2. The molecule has 0 unspecified atom stereocenters. The number of hydrogen-bond acceptors (Lipinski definition) is 3. The molecule has 0 aliphatic rings. The van der Waals surface area contributed by atoms with Gasteiger partial charge in [-0.25, -0.2) is 0 Å². The minimum Gasteiger partial charge on any atom is -0.369 e. The van der Waals surface area contributed by atoms with E-state index in [0.717, 1.165) is 5.56 Å². The third-order valence-electron chi connectivity index (χ3n) is 1.87. The zero-order chi connectivity index (χ0) is 11.3. The van der Waals surface area contributed by atoms with Crippen molar-refractivity contribution in [3.05, 3.63) is 35.4 Å². The summed E-state index contributed by atoms with van der Waals surface area (Å²) in [4.78, 5) is 21.2. The lowest BCUT2D eigenvalue weighted by atomic mass is 10.1. The Morgan fingerprint density at radius 1 is 1.13 bits per heavy atom. The van der Waals surface area contributed by atoms with Crippen molar-refractivity contribution >= 4 is 11.8 Å². The molecule has 0 radical (unpaired) electrons. The first-order chi connectivity index (χ1) is 7.09. The lowest BCUT2D eigenvalue weighted by Crippen LogP contribution is -2.28. The van der Waals surface area contributed by atoms with E-state index in [1.807, 2.05) is 0 Å². The maximum Gasteiger partial charge on any atom is 0.248 e. The largest absolute Gasteiger partial charge is 0.369 e. The highest BCUT2D eigenvalue weighted by atomic mass is 16.1. The second kappa shape index (κ2) is 5.11. The molecule has 0 heterocycles. The van der Waals surface area contributed by atoms with E-state index >= 15 is 0 Å². The Labute approximate surface area is 87.4 Å². The van der Waals surface area contributed by atoms with Gasteiger partial charge in [0.1, 0.15) is 0 Å². The molecule has 2 amide bonds. The Kier molecular flexibility index (Phi) is 3.82. The molecule has 1 rings (SSSR count). The van der Waals surface area contributed by atoms with Gasteiger partial charge in [-0.15, -0.1) is 0 Å². The van der Waals surface area contributed by atoms with E-state index in [2.05, 4.69) is 5.32 Å². The fourth-order valence-corrected chi connectivity index (χ4v) is 1.12. The average molecular weight is 207 g/mol. The number of carbonyl (C=O) groups is 2. The zero-order valence-corrected chi connectivity index (χ0v) is 8.19. The van der Waals surface area contributed by atoms with E-state index in [9.17, 15) is 9.59 Å². The molecule has 80 valence electrons. The molecule has 15 heavy (non-hydrogen) atoms. The predicted octanol–water partition coefficient (Wildman–Crippen LogP) is -0.640. The summed E-state index contributed by atoms with van der Waals surface area (Å²) in [5, 5.41) is 2.86. The molecule has 1 aromatic carbocycles. The van der Waals surface area contributed by atoms with E-state index in [0.29, 0.717) is 12.1 Å². The molecule has 5 nitrogen and oxygen atoms in total. The van der Waals surface area contributed by atoms with Crippen LogP contribution >= 0.6 is 0 Å². The van der Waals surface area contributed by atoms with Gasteiger partial charge in [0.2, 0.25) is 11.8 Å². The first-order valence-corrected chi connectivity index (χ1v) is 4.47. The van der Waals surface area contributed by atoms with E-state index < -0.39 is 11.8 Å². The lowest BCUT2D eigenvalue weighted by molar-refractivity contribution is -0.117. The Morgan fingerprint density at radius 2 is 1.73 bits per heavy atom. The molecule has 0 saturated heterocycles. The van der Waals surface area contributed by atoms with Crippen LogP contribution in [0.3, 0.4) is 0 Å². The van der Waals surface area contributed by atoms with Crippen molar-refractivity contribution < 1.29 is 9.59 Å². The predicted molar refractivity (Wildman–Crippen MR) is 55.9 cm³/mol. The van der Waals surface area contributed by atoms with Crippen molar-refractivity contribution in [3.8, 4) is 0 Å². The van der Waals surface area contributed by atoms with Crippen molar-refractivity contribution in [2.45, 2.75) is 6.54 Å². The van der Waals surface area contributed by atoms with Crippen LogP contribution in [-0.4, -0.2) is 18.4 Å². The fraction of sp³-hybridized carbons (Fsp3) is 0.200. The Bertz CT molecular complexity index is 359. The first-order valence-electron chi connectivity index (χ1n) is 4.47. The molecule has 0 saturated carbocycles. The average Bonchev–Trinajstić information content (AvgIpc) is 2.18. The number of primary amides is 2. The number of hydrogen-bond donors (Lipinski definition) is 3. The summed E-state index contributed by atoms with van der Waals surface area (Å²) in [7, 11) is 0. The third-order valence-corrected chi connectivity index (χ3v) is 1.87. The summed E-state index contributed by atoms with van der Waals surface area (Å²) in [6.07, 6.45) is 0. The van der Waals surface area contributed by atoms with Crippen molar-refractivity contribution in [2.24, 2.45) is 11.5 Å². The third kappa shape index (κ3) is 3.78. The van der Waals surface area contributed by atoms with Crippen molar-refractivity contribution in [2.75, 3.05) is 6.54 Å². The molecule has 0 bridgehead atoms. The van der Waals surface area contributed by atoms with Crippen LogP contribution in [0.25, 0.3) is 0 Å². The number of nitrogens with two attached hydrogens (primary N) is 2. The molecular weight excluding hydrogens is 194 g/mol. The maximum absolute atomic E-state index is 10.8. The Balaban J connectivity index is 2.50. The molecule has 0 aliphatic heterocycles. The van der Waals surface area contributed by atoms with Gasteiger partial charge in [0.15, 0.2) is 0 Å². The standard InChI is InChI=1S/C10H13N3O2/c11-9(14)6-13-5-7-1-3-8(4-2-7)10(12)15/h1-4,13H,5-6H2,(H2,11,14)(H2,12,15). The lowest BCUT2D eigenvalue weighted by Gasteiger charge is -2.03. The van der Waals surface area contributed by atoms with Gasteiger partial charge in [0, 0.05) is 12.1 Å². The maximum atomic E-state index is 10.8. The second-order valence-electron chi connectivity index (χ2n) is 3.13. The quantitative estimate of drug-likeness (QED) is 0.599. The summed E-state index contributed by atoms with van der Waals surface area (Å²) >= 11 is 0. The van der Waals surface area contributed by atoms with Gasteiger partial charge < -0.3 is 16.8 Å². The summed E-state index contributed by atoms with van der Waals surface area (Å²) in [5.74, 6) is -0.851. The van der Waals surface area contributed by atoms with Gasteiger partial charge in [-0.3, -0.25) is 9.59 Å². The number of nitrogens with one attached hydrogen (secondary N) is 1. The van der Waals surface area contributed by atoms with Crippen LogP contribution in [0.4, 0.5) is 0 Å². The van der Waals surface area contributed by atoms with Crippen LogP contribution < -0.4 is 16.8 Å². The number of benzene rings is 1. The molecule has 0 aromatic heterocycles. The summed E-state index contributed by atoms with van der Waals surface area (Å²) in [6, 6.07) is 6.83. The molecule has 0 aliphatic carbocycles. The van der Waals surface area contributed by atoms with Gasteiger partial charge in [0.05, 0.1) is 6.54 Å². The van der Waals surface area contributed by atoms with Crippen LogP contribution in [-0.2, 0) is 11.3 Å². The normalized spacial score (nSPS) is 9.87. The molecule has 0 fully saturated rings. The molecule has 0 atom stereocenters. The highest BCUT2D eigenvalue weighted by Gasteiger charge is 1.99. The SMILES string of the molecule is NC(=O)CNCc1ccc(C(N)=O)cc1. The Hall–Kier alpha value is -1.88. The topological polar surface area (TPSA) is 98.2 Å².